The van der Waals surface area contributed by atoms with Gasteiger partial charge in [-0.1, -0.05) is 44.6 Å². The van der Waals surface area contributed by atoms with Gasteiger partial charge in [-0.2, -0.15) is 0 Å². The van der Waals surface area contributed by atoms with Crippen molar-refractivity contribution in [1.82, 2.24) is 0 Å². The Labute approximate surface area is 68.4 Å². The molecule has 0 atom stereocenters. The number of hydrogen-bond acceptors (Lipinski definition) is 0. The van der Waals surface area contributed by atoms with E-state index in [-0.39, 0.29) is 17.0 Å². The fourth-order valence-electron chi connectivity index (χ4n) is 0.514. The molecule has 0 aliphatic heterocycles. The summed E-state index contributed by atoms with van der Waals surface area (Å²) in [6.07, 6.45) is 9.73. The smallest absolute Gasteiger partial charge is 0.0348 e. The first kappa shape index (κ1) is 11.7. The third kappa shape index (κ3) is 11.5. The lowest BCUT2D eigenvalue weighted by Crippen LogP contribution is -3.00. The van der Waals surface area contributed by atoms with Crippen LogP contribution in [0.1, 0.15) is 26.2 Å². The normalized spacial score (nSPS) is 9.00. The Hall–Kier alpha value is -0.0400. The predicted molar refractivity (Wildman–Crippen MR) is 38.9 cm³/mol. The van der Waals surface area contributed by atoms with Crippen LogP contribution in [0.15, 0.2) is 24.8 Å². The lowest BCUT2D eigenvalue weighted by atomic mass is 10.2. The summed E-state index contributed by atoms with van der Waals surface area (Å²) in [5, 5.41) is 0. The summed E-state index contributed by atoms with van der Waals surface area (Å²) in [7, 11) is 0. The lowest BCUT2D eigenvalue weighted by molar-refractivity contribution is -0.00000178. The molecule has 0 unspecified atom stereocenters. The number of rotatable bonds is 4. The molecule has 0 aliphatic carbocycles. The molecule has 0 aromatic carbocycles. The van der Waals surface area contributed by atoms with Crippen molar-refractivity contribution in [3.8, 4) is 0 Å². The molecular weight excluding hydrogens is 176 g/mol. The van der Waals surface area contributed by atoms with E-state index in [2.05, 4.69) is 19.6 Å². The molecular formula is C8H14Br-. The zero-order valence-electron chi connectivity index (χ0n) is 5.94. The first-order valence-corrected chi connectivity index (χ1v) is 3.19. The van der Waals surface area contributed by atoms with Crippen LogP contribution in [0.3, 0.4) is 0 Å². The van der Waals surface area contributed by atoms with Gasteiger partial charge in [0.25, 0.3) is 0 Å². The van der Waals surface area contributed by atoms with Crippen LogP contribution in [0, 0.1) is 0 Å². The van der Waals surface area contributed by atoms with Gasteiger partial charge < -0.3 is 17.0 Å². The van der Waals surface area contributed by atoms with E-state index >= 15 is 0 Å². The monoisotopic (exact) mass is 189 g/mol. The number of allylic oxidation sites excluding steroid dienone is 3. The molecule has 9 heavy (non-hydrogen) atoms. The van der Waals surface area contributed by atoms with Gasteiger partial charge in [0.15, 0.2) is 0 Å². The van der Waals surface area contributed by atoms with Crippen LogP contribution in [0.2, 0.25) is 0 Å². The third-order valence-electron chi connectivity index (χ3n) is 0.997. The summed E-state index contributed by atoms with van der Waals surface area (Å²) in [6.45, 7) is 5.77. The molecule has 0 nitrogen and oxygen atoms in total. The van der Waals surface area contributed by atoms with E-state index in [1.54, 1.807) is 0 Å². The summed E-state index contributed by atoms with van der Waals surface area (Å²) in [4.78, 5) is 0. The van der Waals surface area contributed by atoms with Crippen LogP contribution in [0.5, 0.6) is 0 Å². The van der Waals surface area contributed by atoms with Gasteiger partial charge in [0.1, 0.15) is 0 Å². The predicted octanol–water partition coefficient (Wildman–Crippen LogP) is -0.0772. The van der Waals surface area contributed by atoms with Crippen molar-refractivity contribution >= 4 is 0 Å². The maximum Gasteiger partial charge on any atom is -0.0348 e. The zero-order chi connectivity index (χ0) is 6.24. The van der Waals surface area contributed by atoms with E-state index in [9.17, 15) is 0 Å². The molecule has 0 heterocycles. The van der Waals surface area contributed by atoms with Crippen molar-refractivity contribution < 1.29 is 17.0 Å². The van der Waals surface area contributed by atoms with Crippen LogP contribution in [0.25, 0.3) is 0 Å². The minimum Gasteiger partial charge on any atom is -1.00 e. The Morgan fingerprint density at radius 2 is 2.11 bits per heavy atom. The topological polar surface area (TPSA) is 0 Å². The Kier molecular flexibility index (Phi) is 14.1. The number of hydrogen-bond donors (Lipinski definition) is 0. The van der Waals surface area contributed by atoms with Crippen LogP contribution in [0.4, 0.5) is 0 Å². The highest BCUT2D eigenvalue weighted by Gasteiger charge is 1.73. The van der Waals surface area contributed by atoms with Crippen molar-refractivity contribution in [2.24, 2.45) is 0 Å². The number of halogens is 1. The summed E-state index contributed by atoms with van der Waals surface area (Å²) >= 11 is 0. The Morgan fingerprint density at radius 3 is 2.56 bits per heavy atom. The second-order valence-electron chi connectivity index (χ2n) is 1.81. The van der Waals surface area contributed by atoms with Gasteiger partial charge in [-0.25, -0.2) is 0 Å². The van der Waals surface area contributed by atoms with E-state index in [0.717, 1.165) is 0 Å². The van der Waals surface area contributed by atoms with E-state index in [1.807, 2.05) is 12.2 Å². The first-order chi connectivity index (χ1) is 3.91. The molecule has 0 aromatic heterocycles. The Balaban J connectivity index is 0. The molecule has 1 heteroatoms. The van der Waals surface area contributed by atoms with Crippen LogP contribution < -0.4 is 17.0 Å². The van der Waals surface area contributed by atoms with Gasteiger partial charge in [0.2, 0.25) is 0 Å². The molecule has 0 spiro atoms. The maximum absolute atomic E-state index is 3.57. The van der Waals surface area contributed by atoms with E-state index in [0.29, 0.717) is 0 Å². The molecule has 0 bridgehead atoms. The molecule has 0 saturated carbocycles. The van der Waals surface area contributed by atoms with Crippen LogP contribution in [-0.4, -0.2) is 0 Å². The molecule has 0 radical (unpaired) electrons. The van der Waals surface area contributed by atoms with Crippen molar-refractivity contribution in [2.75, 3.05) is 0 Å². The molecule has 0 rings (SSSR count). The minimum absolute atomic E-state index is 0. The average molecular weight is 190 g/mol. The summed E-state index contributed by atoms with van der Waals surface area (Å²) in [5.74, 6) is 0. The van der Waals surface area contributed by atoms with E-state index in [4.69, 9.17) is 0 Å². The van der Waals surface area contributed by atoms with Gasteiger partial charge >= 0.3 is 0 Å². The third-order valence-corrected chi connectivity index (χ3v) is 0.997. The maximum atomic E-state index is 3.57. The highest BCUT2D eigenvalue weighted by molar-refractivity contribution is 4.96. The van der Waals surface area contributed by atoms with Gasteiger partial charge in [-0.15, -0.1) is 0 Å². The molecule has 0 N–H and O–H groups in total. The van der Waals surface area contributed by atoms with Crippen LogP contribution in [-0.2, 0) is 0 Å². The molecule has 0 aromatic rings. The zero-order valence-corrected chi connectivity index (χ0v) is 7.52. The quantitative estimate of drug-likeness (QED) is 0.429. The Bertz CT molecular complexity index is 74.6. The van der Waals surface area contributed by atoms with Gasteiger partial charge in [0, 0.05) is 0 Å². The van der Waals surface area contributed by atoms with Crippen molar-refractivity contribution in [3.05, 3.63) is 24.8 Å². The minimum atomic E-state index is 0. The van der Waals surface area contributed by atoms with Crippen LogP contribution >= 0.6 is 0 Å². The highest BCUT2D eigenvalue weighted by atomic mass is 79.9. The standard InChI is InChI=1S/C8H14.BrH/c1-3-5-7-8-6-4-2;/h3,5,7H,1,4,6,8H2,2H3;1H/p-1/b7-5+;. The molecule has 0 amide bonds. The van der Waals surface area contributed by atoms with Crippen molar-refractivity contribution in [2.45, 2.75) is 26.2 Å². The van der Waals surface area contributed by atoms with Gasteiger partial charge in [-0.05, 0) is 6.42 Å². The fourth-order valence-corrected chi connectivity index (χ4v) is 0.514. The van der Waals surface area contributed by atoms with Gasteiger partial charge in [-0.3, -0.25) is 0 Å². The molecule has 0 fully saturated rings. The largest absolute Gasteiger partial charge is 1.00 e. The van der Waals surface area contributed by atoms with Crippen molar-refractivity contribution in [1.29, 1.82) is 0 Å². The van der Waals surface area contributed by atoms with Crippen molar-refractivity contribution in [3.63, 3.8) is 0 Å². The second kappa shape index (κ2) is 10.9. The number of unbranched alkanes of at least 4 members (excludes halogenated alkanes) is 2. The molecule has 0 saturated heterocycles. The SMILES string of the molecule is C=C/C=C/CCCC.[Br-]. The highest BCUT2D eigenvalue weighted by Crippen LogP contribution is 1.93. The summed E-state index contributed by atoms with van der Waals surface area (Å²) in [5.41, 5.74) is 0. The molecule has 0 aliphatic rings. The summed E-state index contributed by atoms with van der Waals surface area (Å²) in [6, 6.07) is 0. The Morgan fingerprint density at radius 1 is 1.44 bits per heavy atom. The first-order valence-electron chi connectivity index (χ1n) is 3.19. The second-order valence-corrected chi connectivity index (χ2v) is 1.81. The lowest BCUT2D eigenvalue weighted by Gasteiger charge is -1.84. The summed E-state index contributed by atoms with van der Waals surface area (Å²) < 4.78 is 0. The van der Waals surface area contributed by atoms with E-state index in [1.165, 1.54) is 19.3 Å². The van der Waals surface area contributed by atoms with Gasteiger partial charge in [0.05, 0.1) is 0 Å². The molecule has 54 valence electrons. The average Bonchev–Trinajstić information content (AvgIpc) is 1.81. The fraction of sp³-hybridized carbons (Fsp3) is 0.500. The van der Waals surface area contributed by atoms with E-state index < -0.39 is 0 Å².